The molecule has 0 aliphatic carbocycles. The van der Waals surface area contributed by atoms with Crippen LogP contribution in [0.25, 0.3) is 0 Å². The van der Waals surface area contributed by atoms with Crippen molar-refractivity contribution >= 4 is 21.4 Å². The van der Waals surface area contributed by atoms with Crippen LogP contribution in [0, 0.1) is 11.3 Å². The minimum atomic E-state index is -3.36. The minimum absolute atomic E-state index is 0.410. The predicted molar refractivity (Wildman–Crippen MR) is 101 cm³/mol. The smallest absolute Gasteiger partial charge is 0.252 e. The molecule has 2 rings (SSSR count). The highest BCUT2D eigenvalue weighted by Gasteiger charge is 2.23. The second kappa shape index (κ2) is 9.11. The lowest BCUT2D eigenvalue weighted by Crippen LogP contribution is -2.29. The number of benzene rings is 1. The van der Waals surface area contributed by atoms with Gasteiger partial charge in [-0.1, -0.05) is 26.0 Å². The Morgan fingerprint density at radius 1 is 1.20 bits per heavy atom. The van der Waals surface area contributed by atoms with Gasteiger partial charge in [0.05, 0.1) is 11.6 Å². The Kier molecular flexibility index (Phi) is 7.14. The van der Waals surface area contributed by atoms with Crippen LogP contribution in [0.1, 0.15) is 29.9 Å². The van der Waals surface area contributed by atoms with E-state index in [1.165, 1.54) is 15.6 Å². The van der Waals surface area contributed by atoms with E-state index in [1.807, 2.05) is 38.1 Å². The number of hydrogen-bond acceptors (Lipinski definition) is 5. The molecule has 5 nitrogen and oxygen atoms in total. The first kappa shape index (κ1) is 19.6. The lowest BCUT2D eigenvalue weighted by Gasteiger charge is -2.16. The quantitative estimate of drug-likeness (QED) is 0.682. The van der Waals surface area contributed by atoms with E-state index in [-0.39, 0.29) is 0 Å². The summed E-state index contributed by atoms with van der Waals surface area (Å²) in [6.45, 7) is 6.10. The molecule has 25 heavy (non-hydrogen) atoms. The summed E-state index contributed by atoms with van der Waals surface area (Å²) in [5, 5.41) is 12.2. The van der Waals surface area contributed by atoms with Crippen molar-refractivity contribution in [2.75, 3.05) is 19.6 Å². The van der Waals surface area contributed by atoms with E-state index in [0.29, 0.717) is 29.4 Å². The van der Waals surface area contributed by atoms with Gasteiger partial charge in [-0.25, -0.2) is 8.42 Å². The van der Waals surface area contributed by atoms with E-state index >= 15 is 0 Å². The second-order valence-electron chi connectivity index (χ2n) is 5.55. The maximum absolute atomic E-state index is 12.5. The summed E-state index contributed by atoms with van der Waals surface area (Å²) < 4.78 is 26.8. The average Bonchev–Trinajstić information content (AvgIpc) is 3.09. The van der Waals surface area contributed by atoms with Gasteiger partial charge >= 0.3 is 0 Å². The van der Waals surface area contributed by atoms with E-state index in [9.17, 15) is 8.42 Å². The SMILES string of the molecule is CCN(CC)S(=O)(=O)c1ccc(CCNCc2cccc(C#N)c2)s1. The van der Waals surface area contributed by atoms with Crippen molar-refractivity contribution in [1.29, 1.82) is 5.26 Å². The van der Waals surface area contributed by atoms with Gasteiger partial charge < -0.3 is 5.32 Å². The molecule has 0 spiro atoms. The standard InChI is InChI=1S/C18H23N3O2S2/c1-3-21(4-2)25(22,23)18-9-8-17(24-18)10-11-20-14-16-7-5-6-15(12-16)13-19/h5-9,12,20H,3-4,10-11,14H2,1-2H3. The molecule has 0 fully saturated rings. The number of nitriles is 1. The number of nitrogens with one attached hydrogen (secondary N) is 1. The van der Waals surface area contributed by atoms with Crippen LogP contribution in [0.5, 0.6) is 0 Å². The zero-order valence-corrected chi connectivity index (χ0v) is 16.2. The second-order valence-corrected chi connectivity index (χ2v) is 8.88. The van der Waals surface area contributed by atoms with Gasteiger partial charge in [0.2, 0.25) is 0 Å². The Hall–Kier alpha value is -1.72. The number of sulfonamides is 1. The first-order valence-corrected chi connectivity index (χ1v) is 10.6. The molecule has 0 saturated carbocycles. The number of rotatable bonds is 9. The highest BCUT2D eigenvalue weighted by Crippen LogP contribution is 2.25. The van der Waals surface area contributed by atoms with Gasteiger partial charge in [-0.2, -0.15) is 9.57 Å². The lowest BCUT2D eigenvalue weighted by molar-refractivity contribution is 0.447. The number of nitrogens with zero attached hydrogens (tertiary/aromatic N) is 2. The van der Waals surface area contributed by atoms with E-state index in [0.717, 1.165) is 23.4 Å². The Bertz CT molecular complexity index is 834. The normalized spacial score (nSPS) is 11.6. The van der Waals surface area contributed by atoms with Gasteiger partial charge in [-0.05, 0) is 36.2 Å². The average molecular weight is 378 g/mol. The van der Waals surface area contributed by atoms with Crippen LogP contribution in [0.4, 0.5) is 0 Å². The highest BCUT2D eigenvalue weighted by molar-refractivity contribution is 7.91. The fraction of sp³-hybridized carbons (Fsp3) is 0.389. The van der Waals surface area contributed by atoms with E-state index in [4.69, 9.17) is 5.26 Å². The summed E-state index contributed by atoms with van der Waals surface area (Å²) in [6.07, 6.45) is 0.774. The molecule has 1 aromatic heterocycles. The van der Waals surface area contributed by atoms with Gasteiger partial charge in [-0.15, -0.1) is 11.3 Å². The summed E-state index contributed by atoms with van der Waals surface area (Å²) in [6, 6.07) is 13.2. The third-order valence-corrected chi connectivity index (χ3v) is 7.53. The molecule has 0 aliphatic rings. The first-order valence-electron chi connectivity index (χ1n) is 8.29. The molecule has 0 aliphatic heterocycles. The van der Waals surface area contributed by atoms with Crippen molar-refractivity contribution in [2.45, 2.75) is 31.0 Å². The Morgan fingerprint density at radius 2 is 1.96 bits per heavy atom. The lowest BCUT2D eigenvalue weighted by atomic mass is 10.1. The van der Waals surface area contributed by atoms with Crippen LogP contribution in [0.15, 0.2) is 40.6 Å². The summed E-state index contributed by atoms with van der Waals surface area (Å²) in [5.41, 5.74) is 1.72. The van der Waals surface area contributed by atoms with Crippen molar-refractivity contribution in [3.8, 4) is 6.07 Å². The predicted octanol–water partition coefficient (Wildman–Crippen LogP) is 2.98. The van der Waals surface area contributed by atoms with Crippen LogP contribution in [0.2, 0.25) is 0 Å². The van der Waals surface area contributed by atoms with Crippen molar-refractivity contribution in [3.05, 3.63) is 52.4 Å². The van der Waals surface area contributed by atoms with Crippen LogP contribution >= 0.6 is 11.3 Å². The first-order chi connectivity index (χ1) is 12.0. The van der Waals surface area contributed by atoms with Crippen LogP contribution < -0.4 is 5.32 Å². The van der Waals surface area contributed by atoms with Crippen molar-refractivity contribution in [2.24, 2.45) is 0 Å². The minimum Gasteiger partial charge on any atom is -0.312 e. The van der Waals surface area contributed by atoms with Gasteiger partial charge in [0, 0.05) is 31.1 Å². The maximum Gasteiger partial charge on any atom is 0.252 e. The zero-order chi connectivity index (χ0) is 18.3. The third-order valence-electron chi connectivity index (χ3n) is 3.87. The molecule has 1 N–H and O–H groups in total. The molecule has 0 amide bonds. The zero-order valence-electron chi connectivity index (χ0n) is 14.5. The Morgan fingerprint density at radius 3 is 2.64 bits per heavy atom. The molecule has 0 radical (unpaired) electrons. The van der Waals surface area contributed by atoms with Gasteiger partial charge in [-0.3, -0.25) is 0 Å². The van der Waals surface area contributed by atoms with Crippen LogP contribution in [-0.2, 0) is 23.0 Å². The monoisotopic (exact) mass is 377 g/mol. The van der Waals surface area contributed by atoms with Crippen molar-refractivity contribution in [1.82, 2.24) is 9.62 Å². The summed E-state index contributed by atoms with van der Waals surface area (Å²) in [7, 11) is -3.36. The Balaban J connectivity index is 1.88. The third kappa shape index (κ3) is 5.13. The largest absolute Gasteiger partial charge is 0.312 e. The molecule has 0 bridgehead atoms. The molecule has 2 aromatic rings. The molecule has 0 saturated heterocycles. The van der Waals surface area contributed by atoms with Crippen molar-refractivity contribution in [3.63, 3.8) is 0 Å². The Labute approximate surface area is 154 Å². The number of hydrogen-bond donors (Lipinski definition) is 1. The van der Waals surface area contributed by atoms with E-state index in [2.05, 4.69) is 11.4 Å². The van der Waals surface area contributed by atoms with Crippen LogP contribution in [-0.4, -0.2) is 32.4 Å². The number of thiophene rings is 1. The molecular formula is C18H23N3O2S2. The van der Waals surface area contributed by atoms with Gasteiger partial charge in [0.1, 0.15) is 4.21 Å². The molecule has 134 valence electrons. The van der Waals surface area contributed by atoms with E-state index < -0.39 is 10.0 Å². The molecule has 7 heteroatoms. The topological polar surface area (TPSA) is 73.2 Å². The molecular weight excluding hydrogens is 354 g/mol. The highest BCUT2D eigenvalue weighted by atomic mass is 32.2. The van der Waals surface area contributed by atoms with Crippen LogP contribution in [0.3, 0.4) is 0 Å². The summed E-state index contributed by atoms with van der Waals surface area (Å²) >= 11 is 1.34. The van der Waals surface area contributed by atoms with E-state index in [1.54, 1.807) is 12.1 Å². The van der Waals surface area contributed by atoms with Gasteiger partial charge in [0.15, 0.2) is 0 Å². The summed E-state index contributed by atoms with van der Waals surface area (Å²) in [4.78, 5) is 1.05. The van der Waals surface area contributed by atoms with Gasteiger partial charge in [0.25, 0.3) is 10.0 Å². The maximum atomic E-state index is 12.5. The molecule has 0 unspecified atom stereocenters. The van der Waals surface area contributed by atoms with Crippen molar-refractivity contribution < 1.29 is 8.42 Å². The fourth-order valence-electron chi connectivity index (χ4n) is 2.52. The molecule has 0 atom stereocenters. The molecule has 1 aromatic carbocycles. The fourth-order valence-corrected chi connectivity index (χ4v) is 5.48. The summed E-state index contributed by atoms with van der Waals surface area (Å²) in [5.74, 6) is 0. The molecule has 1 heterocycles.